The van der Waals surface area contributed by atoms with Crippen molar-refractivity contribution < 1.29 is 0 Å². The molecule has 2 heterocycles. The third-order valence-electron chi connectivity index (χ3n) is 2.63. The fourth-order valence-corrected chi connectivity index (χ4v) is 2.89. The van der Waals surface area contributed by atoms with E-state index in [1.807, 2.05) is 0 Å². The van der Waals surface area contributed by atoms with Gasteiger partial charge < -0.3 is 10.6 Å². The smallest absolute Gasteiger partial charge is 0.138 e. The first-order valence-corrected chi connectivity index (χ1v) is 6.23. The Hall–Kier alpha value is -1.000. The molecule has 0 radical (unpaired) electrons. The molecule has 0 unspecified atom stereocenters. The van der Waals surface area contributed by atoms with Gasteiger partial charge in [-0.15, -0.1) is 0 Å². The van der Waals surface area contributed by atoms with E-state index in [9.17, 15) is 0 Å². The maximum Gasteiger partial charge on any atom is 0.138 e. The van der Waals surface area contributed by atoms with Crippen molar-refractivity contribution in [3.63, 3.8) is 0 Å². The highest BCUT2D eigenvalue weighted by molar-refractivity contribution is 8.23. The van der Waals surface area contributed by atoms with Gasteiger partial charge in [-0.2, -0.15) is 0 Å². The van der Waals surface area contributed by atoms with Crippen LogP contribution in [-0.2, 0) is 6.42 Å². The highest BCUT2D eigenvalue weighted by Gasteiger charge is 2.21. The van der Waals surface area contributed by atoms with Crippen LogP contribution in [0.1, 0.15) is 5.56 Å². The molecule has 0 aromatic heterocycles. The van der Waals surface area contributed by atoms with E-state index >= 15 is 0 Å². The molecule has 0 bridgehead atoms. The van der Waals surface area contributed by atoms with Gasteiger partial charge >= 0.3 is 0 Å². The van der Waals surface area contributed by atoms with Crippen LogP contribution in [-0.4, -0.2) is 10.1 Å². The van der Waals surface area contributed by atoms with Crippen LogP contribution in [0.5, 0.6) is 0 Å². The van der Waals surface area contributed by atoms with Crippen molar-refractivity contribution in [3.05, 3.63) is 41.2 Å². The Morgan fingerprint density at radius 3 is 2.73 bits per heavy atom. The fourth-order valence-electron chi connectivity index (χ4n) is 1.87. The van der Waals surface area contributed by atoms with E-state index in [1.165, 1.54) is 22.6 Å². The molecular weight excluding hydrogens is 224 g/mol. The number of thiocarbonyl (C=S) groups is 1. The summed E-state index contributed by atoms with van der Waals surface area (Å²) in [7, 11) is 0. The number of thioether (sulfide) groups is 1. The highest BCUT2D eigenvalue weighted by atomic mass is 32.2. The molecule has 1 saturated heterocycles. The van der Waals surface area contributed by atoms with Crippen molar-refractivity contribution in [2.24, 2.45) is 0 Å². The summed E-state index contributed by atoms with van der Waals surface area (Å²) >= 11 is 6.80. The molecule has 3 rings (SSSR count). The van der Waals surface area contributed by atoms with Gasteiger partial charge in [-0.25, -0.2) is 0 Å². The van der Waals surface area contributed by atoms with Crippen LogP contribution in [0.4, 0.5) is 5.69 Å². The van der Waals surface area contributed by atoms with Gasteiger partial charge in [0.15, 0.2) is 0 Å². The van der Waals surface area contributed by atoms with Crippen LogP contribution >= 0.6 is 24.0 Å². The highest BCUT2D eigenvalue weighted by Crippen LogP contribution is 2.31. The van der Waals surface area contributed by atoms with Crippen LogP contribution in [0.2, 0.25) is 0 Å². The zero-order chi connectivity index (χ0) is 10.3. The predicted molar refractivity (Wildman–Crippen MR) is 69.0 cm³/mol. The topological polar surface area (TPSA) is 24.1 Å². The Morgan fingerprint density at radius 2 is 2.00 bits per heavy atom. The molecule has 0 amide bonds. The minimum Gasteiger partial charge on any atom is -0.357 e. The van der Waals surface area contributed by atoms with Gasteiger partial charge in [0.2, 0.25) is 0 Å². The molecule has 76 valence electrons. The lowest BCUT2D eigenvalue weighted by atomic mass is 10.1. The van der Waals surface area contributed by atoms with Crippen LogP contribution in [0, 0.1) is 0 Å². The minimum atomic E-state index is 0.884. The molecule has 0 saturated carbocycles. The summed E-state index contributed by atoms with van der Waals surface area (Å²) in [5, 5.41) is 6.68. The van der Waals surface area contributed by atoms with Crippen molar-refractivity contribution >= 4 is 34.0 Å². The van der Waals surface area contributed by atoms with Gasteiger partial charge in [0.05, 0.1) is 0 Å². The second-order valence-electron chi connectivity index (χ2n) is 3.62. The number of hydrogen-bond donors (Lipinski definition) is 2. The van der Waals surface area contributed by atoms with Gasteiger partial charge in [0, 0.05) is 29.3 Å². The van der Waals surface area contributed by atoms with Crippen molar-refractivity contribution in [3.8, 4) is 0 Å². The summed E-state index contributed by atoms with van der Waals surface area (Å²) in [4.78, 5) is 0. The van der Waals surface area contributed by atoms with Crippen molar-refractivity contribution in [2.75, 3.05) is 11.1 Å². The second kappa shape index (κ2) is 3.54. The number of allylic oxidation sites excluding steroid dienone is 1. The lowest BCUT2D eigenvalue weighted by Crippen LogP contribution is -2.13. The molecule has 0 aliphatic carbocycles. The van der Waals surface area contributed by atoms with Crippen LogP contribution < -0.4 is 10.6 Å². The molecule has 2 aliphatic rings. The molecule has 4 heteroatoms. The number of nitrogens with one attached hydrogen (secondary N) is 2. The van der Waals surface area contributed by atoms with Gasteiger partial charge in [-0.1, -0.05) is 42.2 Å². The number of fused-ring (bicyclic) bond motifs is 1. The molecular formula is C11H10N2S2. The van der Waals surface area contributed by atoms with E-state index in [-0.39, 0.29) is 0 Å². The summed E-state index contributed by atoms with van der Waals surface area (Å²) in [6.45, 7) is 0. The van der Waals surface area contributed by atoms with E-state index in [0.29, 0.717) is 0 Å². The lowest BCUT2D eigenvalue weighted by Gasteiger charge is -2.04. The SMILES string of the molecule is S=C1NC(=C2Cc3ccccc3N2)CS1. The molecule has 15 heavy (non-hydrogen) atoms. The van der Waals surface area contributed by atoms with Crippen molar-refractivity contribution in [2.45, 2.75) is 6.42 Å². The fraction of sp³-hybridized carbons (Fsp3) is 0.182. The summed E-state index contributed by atoms with van der Waals surface area (Å²) in [6, 6.07) is 8.41. The zero-order valence-electron chi connectivity index (χ0n) is 8.04. The monoisotopic (exact) mass is 234 g/mol. The van der Waals surface area contributed by atoms with E-state index in [4.69, 9.17) is 12.2 Å². The molecule has 2 nitrogen and oxygen atoms in total. The van der Waals surface area contributed by atoms with E-state index in [0.717, 1.165) is 16.5 Å². The molecule has 2 N–H and O–H groups in total. The van der Waals surface area contributed by atoms with E-state index < -0.39 is 0 Å². The Kier molecular flexibility index (Phi) is 2.18. The normalized spacial score (nSPS) is 23.6. The lowest BCUT2D eigenvalue weighted by molar-refractivity contribution is 1.08. The quantitative estimate of drug-likeness (QED) is 0.674. The Morgan fingerprint density at radius 1 is 1.13 bits per heavy atom. The predicted octanol–water partition coefficient (Wildman–Crippen LogP) is 2.49. The average molecular weight is 234 g/mol. The number of para-hydroxylation sites is 1. The van der Waals surface area contributed by atoms with Crippen LogP contribution in [0.15, 0.2) is 35.7 Å². The first-order chi connectivity index (χ1) is 7.33. The molecule has 1 aromatic carbocycles. The minimum absolute atomic E-state index is 0.884. The summed E-state index contributed by atoms with van der Waals surface area (Å²) in [5.41, 5.74) is 5.10. The first kappa shape index (κ1) is 9.24. The molecule has 1 fully saturated rings. The van der Waals surface area contributed by atoms with Gasteiger partial charge in [0.25, 0.3) is 0 Å². The van der Waals surface area contributed by atoms with E-state index in [2.05, 4.69) is 34.9 Å². The standard InChI is InChI=1S/C11H10N2S2/c14-11-13-10(6-15-11)9-5-7-3-1-2-4-8(7)12-9/h1-4,12H,5-6H2,(H,13,14). The number of benzene rings is 1. The van der Waals surface area contributed by atoms with E-state index in [1.54, 1.807) is 11.8 Å². The summed E-state index contributed by atoms with van der Waals surface area (Å²) < 4.78 is 0.884. The molecule has 2 aliphatic heterocycles. The number of hydrogen-bond acceptors (Lipinski definition) is 3. The largest absolute Gasteiger partial charge is 0.357 e. The van der Waals surface area contributed by atoms with Crippen LogP contribution in [0.3, 0.4) is 0 Å². The molecule has 1 aromatic rings. The van der Waals surface area contributed by atoms with Crippen molar-refractivity contribution in [1.82, 2.24) is 5.32 Å². The second-order valence-corrected chi connectivity index (χ2v) is 5.27. The Labute approximate surface area is 98.1 Å². The third-order valence-corrected chi connectivity index (χ3v) is 3.89. The molecule has 0 atom stereocenters. The maximum absolute atomic E-state index is 5.11. The first-order valence-electron chi connectivity index (χ1n) is 4.83. The third kappa shape index (κ3) is 1.64. The molecule has 0 spiro atoms. The van der Waals surface area contributed by atoms with Gasteiger partial charge in [-0.05, 0) is 11.6 Å². The average Bonchev–Trinajstić information content (AvgIpc) is 2.82. The zero-order valence-corrected chi connectivity index (χ0v) is 9.67. The number of rotatable bonds is 0. The Bertz CT molecular complexity index is 438. The van der Waals surface area contributed by atoms with Gasteiger partial charge in [0.1, 0.15) is 4.32 Å². The summed E-state index contributed by atoms with van der Waals surface area (Å²) in [6.07, 6.45) is 0.988. The summed E-state index contributed by atoms with van der Waals surface area (Å²) in [5.74, 6) is 0.967. The number of anilines is 1. The van der Waals surface area contributed by atoms with Crippen molar-refractivity contribution in [1.29, 1.82) is 0 Å². The van der Waals surface area contributed by atoms with Crippen LogP contribution in [0.25, 0.3) is 0 Å². The Balaban J connectivity index is 1.93. The maximum atomic E-state index is 5.11. The van der Waals surface area contributed by atoms with Gasteiger partial charge in [-0.3, -0.25) is 0 Å².